The standard InChI is InChI=1S/C7H16O2Si.C4H12O4Si/c1-4-7-10(8-5-2)9-6-3;1-5-9(6-2,7-3)8-4/h4,10H,1,5-7H2,2-3H3;1-4H3. The molecule has 0 aromatic carbocycles. The molecular weight excluding hydrogens is 284 g/mol. The fraction of sp³-hybridized carbons (Fsp3) is 0.818. The third-order valence-corrected chi connectivity index (χ3v) is 6.19. The molecule has 0 spiro atoms. The highest BCUT2D eigenvalue weighted by atomic mass is 28.4. The summed E-state index contributed by atoms with van der Waals surface area (Å²) >= 11 is 0. The van der Waals surface area contributed by atoms with Gasteiger partial charge in [-0.05, 0) is 13.8 Å². The van der Waals surface area contributed by atoms with E-state index in [1.165, 1.54) is 28.4 Å². The molecule has 0 bridgehead atoms. The molecule has 0 radical (unpaired) electrons. The van der Waals surface area contributed by atoms with Gasteiger partial charge >= 0.3 is 18.3 Å². The molecule has 6 nitrogen and oxygen atoms in total. The predicted molar refractivity (Wildman–Crippen MR) is 79.2 cm³/mol. The van der Waals surface area contributed by atoms with Crippen LogP contribution in [-0.2, 0) is 26.6 Å². The van der Waals surface area contributed by atoms with Crippen LogP contribution < -0.4 is 0 Å². The van der Waals surface area contributed by atoms with Crippen LogP contribution in [-0.4, -0.2) is 60.0 Å². The van der Waals surface area contributed by atoms with Gasteiger partial charge in [-0.1, -0.05) is 6.08 Å². The van der Waals surface area contributed by atoms with Gasteiger partial charge in [0.15, 0.2) is 0 Å². The van der Waals surface area contributed by atoms with Crippen LogP contribution in [0.15, 0.2) is 12.7 Å². The summed E-state index contributed by atoms with van der Waals surface area (Å²) in [5, 5.41) is 0. The quantitative estimate of drug-likeness (QED) is 0.450. The second-order valence-electron chi connectivity index (χ2n) is 3.18. The summed E-state index contributed by atoms with van der Waals surface area (Å²) in [5.41, 5.74) is 0. The minimum atomic E-state index is -2.69. The van der Waals surface area contributed by atoms with Gasteiger partial charge in [-0.3, -0.25) is 0 Å². The maximum absolute atomic E-state index is 5.37. The molecule has 8 heteroatoms. The Morgan fingerprint density at radius 2 is 1.26 bits per heavy atom. The lowest BCUT2D eigenvalue weighted by Crippen LogP contribution is -2.45. The van der Waals surface area contributed by atoms with Crippen molar-refractivity contribution in [1.29, 1.82) is 0 Å². The lowest BCUT2D eigenvalue weighted by atomic mass is 10.8. The zero-order chi connectivity index (χ0) is 15.1. The minimum absolute atomic E-state index is 0.755. The van der Waals surface area contributed by atoms with Crippen LogP contribution in [0.5, 0.6) is 0 Å². The van der Waals surface area contributed by atoms with Gasteiger partial charge in [-0.25, -0.2) is 0 Å². The third kappa shape index (κ3) is 10.4. The van der Waals surface area contributed by atoms with Crippen LogP contribution in [0.2, 0.25) is 6.04 Å². The van der Waals surface area contributed by atoms with E-state index in [0.29, 0.717) is 0 Å². The molecule has 0 aromatic rings. The molecule has 0 N–H and O–H groups in total. The molecule has 0 fully saturated rings. The Morgan fingerprint density at radius 1 is 0.895 bits per heavy atom. The number of hydrogen-bond donors (Lipinski definition) is 0. The molecule has 0 aliphatic heterocycles. The summed E-state index contributed by atoms with van der Waals surface area (Å²) in [5.74, 6) is 0. The number of hydrogen-bond acceptors (Lipinski definition) is 6. The Labute approximate surface area is 119 Å². The van der Waals surface area contributed by atoms with Crippen LogP contribution >= 0.6 is 0 Å². The van der Waals surface area contributed by atoms with E-state index in [4.69, 9.17) is 26.6 Å². The van der Waals surface area contributed by atoms with E-state index >= 15 is 0 Å². The first-order valence-corrected chi connectivity index (χ1v) is 9.53. The summed E-state index contributed by atoms with van der Waals surface area (Å²) in [6.07, 6.45) is 1.86. The lowest BCUT2D eigenvalue weighted by Gasteiger charge is -2.19. The second-order valence-corrected chi connectivity index (χ2v) is 7.81. The van der Waals surface area contributed by atoms with E-state index < -0.39 is 18.3 Å². The molecule has 0 rings (SSSR count). The topological polar surface area (TPSA) is 55.4 Å². The maximum atomic E-state index is 5.37. The summed E-state index contributed by atoms with van der Waals surface area (Å²) < 4.78 is 30.2. The third-order valence-electron chi connectivity index (χ3n) is 2.06. The molecule has 0 aromatic heterocycles. The van der Waals surface area contributed by atoms with E-state index in [2.05, 4.69) is 6.58 Å². The molecule has 0 amide bonds. The molecule has 0 aliphatic rings. The SMILES string of the molecule is C=CC[SiH](OCC)OCC.CO[Si](OC)(OC)OC. The smallest absolute Gasteiger partial charge is 0.397 e. The summed E-state index contributed by atoms with van der Waals surface area (Å²) in [6.45, 7) is 9.13. The first-order chi connectivity index (χ1) is 9.09. The fourth-order valence-corrected chi connectivity index (χ4v) is 3.58. The van der Waals surface area contributed by atoms with Gasteiger partial charge in [0.05, 0.1) is 0 Å². The zero-order valence-corrected chi connectivity index (χ0v) is 15.1. The van der Waals surface area contributed by atoms with Gasteiger partial charge in [0, 0.05) is 47.7 Å². The average molecular weight is 313 g/mol. The van der Waals surface area contributed by atoms with E-state index in [1.807, 2.05) is 19.9 Å². The van der Waals surface area contributed by atoms with E-state index in [1.54, 1.807) is 0 Å². The van der Waals surface area contributed by atoms with Crippen molar-refractivity contribution >= 4 is 18.3 Å². The van der Waals surface area contributed by atoms with Crippen molar-refractivity contribution in [2.75, 3.05) is 41.7 Å². The van der Waals surface area contributed by atoms with Crippen molar-refractivity contribution in [1.82, 2.24) is 0 Å². The van der Waals surface area contributed by atoms with Crippen LogP contribution in [0, 0.1) is 0 Å². The summed E-state index contributed by atoms with van der Waals surface area (Å²) in [4.78, 5) is 0. The van der Waals surface area contributed by atoms with Crippen LogP contribution in [0.4, 0.5) is 0 Å². The van der Waals surface area contributed by atoms with Crippen LogP contribution in [0.3, 0.4) is 0 Å². The maximum Gasteiger partial charge on any atom is 0.678 e. The molecule has 0 atom stereocenters. The Morgan fingerprint density at radius 3 is 1.42 bits per heavy atom. The van der Waals surface area contributed by atoms with Crippen molar-refractivity contribution in [3.63, 3.8) is 0 Å². The van der Waals surface area contributed by atoms with E-state index in [9.17, 15) is 0 Å². The van der Waals surface area contributed by atoms with Crippen molar-refractivity contribution in [2.24, 2.45) is 0 Å². The predicted octanol–water partition coefficient (Wildman–Crippen LogP) is 1.47. The Balaban J connectivity index is 0. The average Bonchev–Trinajstić information content (AvgIpc) is 2.44. The molecule has 0 aliphatic carbocycles. The summed E-state index contributed by atoms with van der Waals surface area (Å²) in [6, 6.07) is 0.904. The van der Waals surface area contributed by atoms with Gasteiger partial charge in [0.25, 0.3) is 0 Å². The Bertz CT molecular complexity index is 178. The Hall–Kier alpha value is -0.0662. The highest BCUT2D eigenvalue weighted by molar-refractivity contribution is 6.53. The number of allylic oxidation sites excluding steroid dienone is 1. The van der Waals surface area contributed by atoms with Crippen LogP contribution in [0.1, 0.15) is 13.8 Å². The first-order valence-electron chi connectivity index (χ1n) is 6.14. The zero-order valence-electron chi connectivity index (χ0n) is 12.9. The van der Waals surface area contributed by atoms with E-state index in [-0.39, 0.29) is 0 Å². The van der Waals surface area contributed by atoms with E-state index in [0.717, 1.165) is 19.3 Å². The van der Waals surface area contributed by atoms with Crippen molar-refractivity contribution in [3.8, 4) is 0 Å². The molecule has 0 heterocycles. The fourth-order valence-electron chi connectivity index (χ4n) is 1.19. The molecule has 0 saturated heterocycles. The second kappa shape index (κ2) is 14.3. The molecular formula is C11H28O6Si2. The monoisotopic (exact) mass is 312 g/mol. The van der Waals surface area contributed by atoms with Gasteiger partial charge in [0.2, 0.25) is 0 Å². The minimum Gasteiger partial charge on any atom is -0.397 e. The first kappa shape index (κ1) is 21.2. The normalized spacial score (nSPS) is 11.1. The Kier molecular flexibility index (Phi) is 16.0. The van der Waals surface area contributed by atoms with Gasteiger partial charge in [-0.15, -0.1) is 6.58 Å². The summed E-state index contributed by atoms with van der Waals surface area (Å²) in [7, 11) is 1.91. The van der Waals surface area contributed by atoms with Crippen LogP contribution in [0.25, 0.3) is 0 Å². The molecule has 19 heavy (non-hydrogen) atoms. The van der Waals surface area contributed by atoms with Gasteiger partial charge in [0.1, 0.15) is 0 Å². The lowest BCUT2D eigenvalue weighted by molar-refractivity contribution is 0.0226. The molecule has 116 valence electrons. The number of rotatable bonds is 10. The molecule has 0 saturated carbocycles. The largest absolute Gasteiger partial charge is 0.678 e. The van der Waals surface area contributed by atoms with Crippen molar-refractivity contribution in [3.05, 3.63) is 12.7 Å². The van der Waals surface area contributed by atoms with Crippen molar-refractivity contribution in [2.45, 2.75) is 19.9 Å². The van der Waals surface area contributed by atoms with Crippen molar-refractivity contribution < 1.29 is 26.6 Å². The molecule has 0 unspecified atom stereocenters. The highest BCUT2D eigenvalue weighted by Crippen LogP contribution is 2.04. The highest BCUT2D eigenvalue weighted by Gasteiger charge is 2.40. The van der Waals surface area contributed by atoms with Gasteiger partial charge < -0.3 is 26.6 Å². The van der Waals surface area contributed by atoms with Gasteiger partial charge in [-0.2, -0.15) is 0 Å².